The van der Waals surface area contributed by atoms with Gasteiger partial charge in [0.25, 0.3) is 0 Å². The Bertz CT molecular complexity index is 1290. The molecule has 0 saturated carbocycles. The predicted molar refractivity (Wildman–Crippen MR) is 133 cm³/mol. The standard InChI is InChI=1S/C27H20Cl3NO2/c28-18-10-11-19(22(30)14-18)20-15-26(33)31(23-9-5-4-8-21(23)29)24-12-17(13-25(32)27(20)24)16-6-2-1-3-7-16/h1-11,14,17,20H,12-13,15H2. The molecule has 2 unspecified atom stereocenters. The Labute approximate surface area is 207 Å². The van der Waals surface area contributed by atoms with Gasteiger partial charge in [-0.15, -0.1) is 0 Å². The number of allylic oxidation sites excluding steroid dienone is 2. The first-order chi connectivity index (χ1) is 15.9. The lowest BCUT2D eigenvalue weighted by atomic mass is 9.72. The van der Waals surface area contributed by atoms with Crippen LogP contribution in [0.15, 0.2) is 84.1 Å². The Morgan fingerprint density at radius 1 is 0.758 bits per heavy atom. The summed E-state index contributed by atoms with van der Waals surface area (Å²) in [4.78, 5) is 28.9. The molecule has 0 saturated heterocycles. The van der Waals surface area contributed by atoms with Crippen LogP contribution in [0.3, 0.4) is 0 Å². The molecule has 0 aromatic heterocycles. The van der Waals surface area contributed by atoms with Gasteiger partial charge in [-0.2, -0.15) is 0 Å². The first-order valence-electron chi connectivity index (χ1n) is 10.8. The number of ketones is 1. The summed E-state index contributed by atoms with van der Waals surface area (Å²) >= 11 is 19.1. The SMILES string of the molecule is O=C1CC(c2ccccc2)CC2=C1C(c1ccc(Cl)cc1Cl)CC(=O)N2c1ccccc1Cl. The Balaban J connectivity index is 1.69. The summed E-state index contributed by atoms with van der Waals surface area (Å²) in [7, 11) is 0. The highest BCUT2D eigenvalue weighted by atomic mass is 35.5. The number of hydrogen-bond acceptors (Lipinski definition) is 2. The van der Waals surface area contributed by atoms with E-state index in [1.165, 1.54) is 0 Å². The number of halogens is 3. The number of carbonyl (C=O) groups excluding carboxylic acids is 2. The molecule has 6 heteroatoms. The van der Waals surface area contributed by atoms with Crippen LogP contribution in [0.1, 0.15) is 42.2 Å². The van der Waals surface area contributed by atoms with Gasteiger partial charge >= 0.3 is 0 Å². The second-order valence-corrected chi connectivity index (χ2v) is 9.65. The molecule has 1 amide bonds. The highest BCUT2D eigenvalue weighted by Crippen LogP contribution is 2.49. The minimum Gasteiger partial charge on any atom is -0.294 e. The van der Waals surface area contributed by atoms with E-state index in [2.05, 4.69) is 0 Å². The number of para-hydroxylation sites is 1. The van der Waals surface area contributed by atoms with E-state index < -0.39 is 5.92 Å². The molecule has 5 rings (SSSR count). The fourth-order valence-electron chi connectivity index (χ4n) is 4.96. The maximum atomic E-state index is 13.6. The van der Waals surface area contributed by atoms with Crippen LogP contribution >= 0.6 is 34.8 Å². The van der Waals surface area contributed by atoms with E-state index in [1.807, 2.05) is 54.6 Å². The van der Waals surface area contributed by atoms with E-state index in [0.717, 1.165) is 11.1 Å². The van der Waals surface area contributed by atoms with Crippen molar-refractivity contribution in [1.29, 1.82) is 0 Å². The van der Waals surface area contributed by atoms with Gasteiger partial charge in [-0.3, -0.25) is 14.5 Å². The molecule has 1 aliphatic carbocycles. The predicted octanol–water partition coefficient (Wildman–Crippen LogP) is 7.57. The molecule has 0 fully saturated rings. The van der Waals surface area contributed by atoms with E-state index in [-0.39, 0.29) is 24.0 Å². The molecule has 166 valence electrons. The minimum atomic E-state index is -0.416. The second kappa shape index (κ2) is 8.98. The highest BCUT2D eigenvalue weighted by Gasteiger charge is 2.43. The van der Waals surface area contributed by atoms with Crippen LogP contribution in [0, 0.1) is 0 Å². The first kappa shape index (κ1) is 22.2. The van der Waals surface area contributed by atoms with Crippen molar-refractivity contribution in [3.8, 4) is 0 Å². The van der Waals surface area contributed by atoms with E-state index in [1.54, 1.807) is 23.1 Å². The van der Waals surface area contributed by atoms with Crippen molar-refractivity contribution in [2.75, 3.05) is 4.90 Å². The summed E-state index contributed by atoms with van der Waals surface area (Å²) in [5, 5.41) is 1.43. The lowest BCUT2D eigenvalue weighted by Crippen LogP contribution is -2.42. The van der Waals surface area contributed by atoms with E-state index >= 15 is 0 Å². The molecule has 1 heterocycles. The fraction of sp³-hybridized carbons (Fsp3) is 0.185. The van der Waals surface area contributed by atoms with Crippen LogP contribution in [0.4, 0.5) is 5.69 Å². The van der Waals surface area contributed by atoms with Gasteiger partial charge in [0.2, 0.25) is 5.91 Å². The van der Waals surface area contributed by atoms with Crippen molar-refractivity contribution in [2.45, 2.75) is 31.1 Å². The van der Waals surface area contributed by atoms with Crippen molar-refractivity contribution in [3.05, 3.63) is 110 Å². The number of anilines is 1. The van der Waals surface area contributed by atoms with Crippen LogP contribution < -0.4 is 4.90 Å². The third-order valence-corrected chi connectivity index (χ3v) is 7.31. The molecule has 0 radical (unpaired) electrons. The van der Waals surface area contributed by atoms with E-state index in [4.69, 9.17) is 34.8 Å². The molecule has 0 bridgehead atoms. The van der Waals surface area contributed by atoms with E-state index in [0.29, 0.717) is 44.9 Å². The van der Waals surface area contributed by atoms with E-state index in [9.17, 15) is 9.59 Å². The lowest BCUT2D eigenvalue weighted by Gasteiger charge is -2.41. The molecule has 2 aliphatic rings. The summed E-state index contributed by atoms with van der Waals surface area (Å²) < 4.78 is 0. The quantitative estimate of drug-likeness (QED) is 0.375. The Kier molecular flexibility index (Phi) is 6.05. The zero-order valence-electron chi connectivity index (χ0n) is 17.6. The van der Waals surface area contributed by atoms with Crippen LogP contribution in [0.5, 0.6) is 0 Å². The summed E-state index contributed by atoms with van der Waals surface area (Å²) in [6.07, 6.45) is 1.08. The van der Waals surface area contributed by atoms with Gasteiger partial charge in [0, 0.05) is 40.1 Å². The summed E-state index contributed by atoms with van der Waals surface area (Å²) in [6, 6.07) is 22.4. The van der Waals surface area contributed by atoms with Gasteiger partial charge in [-0.05, 0) is 47.7 Å². The molecule has 3 aromatic carbocycles. The molecule has 3 aromatic rings. The normalized spacial score (nSPS) is 20.8. The molecule has 2 atom stereocenters. The summed E-state index contributed by atoms with van der Waals surface area (Å²) in [6.45, 7) is 0. The number of hydrogen-bond donors (Lipinski definition) is 0. The average molecular weight is 497 g/mol. The van der Waals surface area contributed by atoms with Crippen LogP contribution in [-0.4, -0.2) is 11.7 Å². The van der Waals surface area contributed by atoms with Crippen LogP contribution in [-0.2, 0) is 9.59 Å². The van der Waals surface area contributed by atoms with Crippen LogP contribution in [0.25, 0.3) is 0 Å². The van der Waals surface area contributed by atoms with Crippen molar-refractivity contribution in [1.82, 2.24) is 0 Å². The van der Waals surface area contributed by atoms with Crippen molar-refractivity contribution in [2.24, 2.45) is 0 Å². The van der Waals surface area contributed by atoms with Gasteiger partial charge in [-0.25, -0.2) is 0 Å². The Morgan fingerprint density at radius 3 is 2.21 bits per heavy atom. The smallest absolute Gasteiger partial charge is 0.232 e. The van der Waals surface area contributed by atoms with Gasteiger partial charge in [0.1, 0.15) is 0 Å². The Morgan fingerprint density at radius 2 is 1.48 bits per heavy atom. The number of carbonyl (C=O) groups is 2. The second-order valence-electron chi connectivity index (χ2n) is 8.40. The third kappa shape index (κ3) is 4.10. The monoisotopic (exact) mass is 495 g/mol. The zero-order chi connectivity index (χ0) is 23.1. The Hall–Kier alpha value is -2.59. The van der Waals surface area contributed by atoms with Gasteiger partial charge in [0.15, 0.2) is 5.78 Å². The van der Waals surface area contributed by atoms with Gasteiger partial charge in [-0.1, -0.05) is 83.3 Å². The molecule has 3 nitrogen and oxygen atoms in total. The maximum Gasteiger partial charge on any atom is 0.232 e. The zero-order valence-corrected chi connectivity index (χ0v) is 19.9. The minimum absolute atomic E-state index is 0.0188. The first-order valence-corrected chi connectivity index (χ1v) is 11.9. The van der Waals surface area contributed by atoms with Crippen molar-refractivity contribution >= 4 is 52.2 Å². The summed E-state index contributed by atoms with van der Waals surface area (Å²) in [5.74, 6) is -0.514. The van der Waals surface area contributed by atoms with Crippen molar-refractivity contribution < 1.29 is 9.59 Å². The van der Waals surface area contributed by atoms with Crippen LogP contribution in [0.2, 0.25) is 15.1 Å². The lowest BCUT2D eigenvalue weighted by molar-refractivity contribution is -0.120. The fourth-order valence-corrected chi connectivity index (χ4v) is 5.72. The number of amides is 1. The van der Waals surface area contributed by atoms with Crippen molar-refractivity contribution in [3.63, 3.8) is 0 Å². The van der Waals surface area contributed by atoms with Gasteiger partial charge in [0.05, 0.1) is 10.7 Å². The summed E-state index contributed by atoms with van der Waals surface area (Å²) in [5.41, 5.74) is 3.77. The maximum absolute atomic E-state index is 13.6. The molecule has 1 aliphatic heterocycles. The number of rotatable bonds is 3. The number of benzene rings is 3. The number of nitrogens with zero attached hydrogens (tertiary/aromatic N) is 1. The third-order valence-electron chi connectivity index (χ3n) is 6.43. The topological polar surface area (TPSA) is 37.4 Å². The molecular formula is C27H20Cl3NO2. The molecule has 0 N–H and O–H groups in total. The largest absolute Gasteiger partial charge is 0.294 e. The average Bonchev–Trinajstić information content (AvgIpc) is 2.80. The molecule has 0 spiro atoms. The van der Waals surface area contributed by atoms with Gasteiger partial charge < -0.3 is 0 Å². The molecule has 33 heavy (non-hydrogen) atoms. The number of Topliss-reactive ketones (excluding diaryl/α,β-unsaturated/α-hetero) is 1. The highest BCUT2D eigenvalue weighted by molar-refractivity contribution is 6.35. The molecular weight excluding hydrogens is 477 g/mol.